The molecular weight excluding hydrogens is 308 g/mol. The first kappa shape index (κ1) is 15.1. The van der Waals surface area contributed by atoms with E-state index in [1.54, 1.807) is 11.6 Å². The normalized spacial score (nSPS) is 28.0. The second kappa shape index (κ2) is 5.03. The summed E-state index contributed by atoms with van der Waals surface area (Å²) in [4.78, 5) is 12.1. The Bertz CT molecular complexity index is 863. The average molecular weight is 328 g/mol. The van der Waals surface area contributed by atoms with E-state index >= 15 is 0 Å². The van der Waals surface area contributed by atoms with Crippen LogP contribution in [0.15, 0.2) is 16.3 Å². The number of aromatic nitrogens is 4. The molecule has 0 radical (unpaired) electrons. The number of ketones is 1. The lowest BCUT2D eigenvalue weighted by Gasteiger charge is -2.44. The van der Waals surface area contributed by atoms with Gasteiger partial charge in [-0.1, -0.05) is 6.92 Å². The Hall–Kier alpha value is -2.44. The van der Waals surface area contributed by atoms with Crippen molar-refractivity contribution >= 4 is 5.78 Å². The number of nitrogens with zero attached hydrogens (tertiary/aromatic N) is 4. The molecule has 0 aliphatic heterocycles. The van der Waals surface area contributed by atoms with Crippen LogP contribution in [0.2, 0.25) is 0 Å². The quantitative estimate of drug-likeness (QED) is 0.638. The van der Waals surface area contributed by atoms with E-state index < -0.39 is 0 Å². The number of allylic oxidation sites excluding steroid dienone is 1. The minimum absolute atomic E-state index is 0.0482. The van der Waals surface area contributed by atoms with Crippen LogP contribution >= 0.6 is 0 Å². The summed E-state index contributed by atoms with van der Waals surface area (Å²) in [5.41, 5.74) is 3.19. The summed E-state index contributed by atoms with van der Waals surface area (Å²) in [6, 6.07) is 0. The van der Waals surface area contributed by atoms with Gasteiger partial charge in [-0.2, -0.15) is 5.10 Å². The lowest BCUT2D eigenvalue weighted by molar-refractivity contribution is -0.119. The summed E-state index contributed by atoms with van der Waals surface area (Å²) in [6.07, 6.45) is 3.70. The van der Waals surface area contributed by atoms with E-state index in [0.717, 1.165) is 36.1 Å². The molecule has 1 saturated carbocycles. The van der Waals surface area contributed by atoms with Gasteiger partial charge in [-0.05, 0) is 25.2 Å². The van der Waals surface area contributed by atoms with Gasteiger partial charge in [0.2, 0.25) is 5.89 Å². The van der Waals surface area contributed by atoms with Gasteiger partial charge in [0.1, 0.15) is 5.69 Å². The third kappa shape index (κ3) is 1.96. The van der Waals surface area contributed by atoms with Crippen molar-refractivity contribution in [3.05, 3.63) is 29.0 Å². The second-order valence-electron chi connectivity index (χ2n) is 7.04. The highest BCUT2D eigenvalue weighted by atomic mass is 16.4. The van der Waals surface area contributed by atoms with Gasteiger partial charge in [0.15, 0.2) is 5.78 Å². The van der Waals surface area contributed by atoms with Crippen molar-refractivity contribution in [1.29, 1.82) is 0 Å². The van der Waals surface area contributed by atoms with Crippen LogP contribution in [0.25, 0.3) is 11.6 Å². The number of hydrogen-bond donors (Lipinski definition) is 1. The van der Waals surface area contributed by atoms with Crippen molar-refractivity contribution < 1.29 is 14.3 Å². The minimum atomic E-state index is -0.263. The van der Waals surface area contributed by atoms with Crippen molar-refractivity contribution in [2.24, 2.45) is 13.0 Å². The Kier molecular flexibility index (Phi) is 3.16. The standard InChI is InChI=1S/C17H20N4O3/c1-9-18-19-16(24-9)14-12-5-4-11-6-13(23)10(8-22)7-17(11,2)15(12)20-21(14)3/h8,11,22H,4-7H2,1-3H3/b10-8-/t11?,17-/m0/s1. The van der Waals surface area contributed by atoms with Gasteiger partial charge < -0.3 is 9.52 Å². The van der Waals surface area contributed by atoms with Crippen molar-refractivity contribution in [2.45, 2.75) is 44.9 Å². The van der Waals surface area contributed by atoms with Crippen LogP contribution < -0.4 is 0 Å². The van der Waals surface area contributed by atoms with E-state index in [9.17, 15) is 9.90 Å². The molecule has 2 heterocycles. The zero-order chi connectivity index (χ0) is 17.1. The van der Waals surface area contributed by atoms with Crippen LogP contribution in [0.1, 0.15) is 43.3 Å². The van der Waals surface area contributed by atoms with E-state index in [1.807, 2.05) is 7.05 Å². The molecule has 0 spiro atoms. The Labute approximate surface area is 139 Å². The highest BCUT2D eigenvalue weighted by Gasteiger charge is 2.49. The smallest absolute Gasteiger partial charge is 0.266 e. The molecule has 0 amide bonds. The predicted octanol–water partition coefficient (Wildman–Crippen LogP) is 2.40. The first-order chi connectivity index (χ1) is 11.4. The molecule has 0 aromatic carbocycles. The summed E-state index contributed by atoms with van der Waals surface area (Å²) in [5.74, 6) is 1.30. The lowest BCUT2D eigenvalue weighted by Crippen LogP contribution is -2.43. The molecule has 1 fully saturated rings. The fourth-order valence-electron chi connectivity index (χ4n) is 4.28. The number of fused-ring (bicyclic) bond motifs is 3. The third-order valence-electron chi connectivity index (χ3n) is 5.56. The number of aliphatic hydroxyl groups excluding tert-OH is 1. The Morgan fingerprint density at radius 1 is 1.42 bits per heavy atom. The van der Waals surface area contributed by atoms with Crippen molar-refractivity contribution in [3.63, 3.8) is 0 Å². The minimum Gasteiger partial charge on any atom is -0.515 e. The summed E-state index contributed by atoms with van der Waals surface area (Å²) < 4.78 is 7.41. The highest BCUT2D eigenvalue weighted by molar-refractivity contribution is 5.96. The predicted molar refractivity (Wildman–Crippen MR) is 85.4 cm³/mol. The van der Waals surface area contributed by atoms with Crippen molar-refractivity contribution in [1.82, 2.24) is 20.0 Å². The van der Waals surface area contributed by atoms with E-state index in [4.69, 9.17) is 9.52 Å². The fourth-order valence-corrected chi connectivity index (χ4v) is 4.28. The number of rotatable bonds is 1. The fraction of sp³-hybridized carbons (Fsp3) is 0.529. The van der Waals surface area contributed by atoms with Gasteiger partial charge in [-0.15, -0.1) is 10.2 Å². The zero-order valence-corrected chi connectivity index (χ0v) is 14.0. The van der Waals surface area contributed by atoms with E-state index in [2.05, 4.69) is 17.1 Å². The number of Topliss-reactive ketones (excluding diaryl/α,β-unsaturated/α-hetero) is 1. The lowest BCUT2D eigenvalue weighted by atomic mass is 9.59. The Balaban J connectivity index is 1.86. The maximum atomic E-state index is 12.1. The van der Waals surface area contributed by atoms with Gasteiger partial charge in [0.25, 0.3) is 5.89 Å². The molecule has 1 unspecified atom stereocenters. The molecular formula is C17H20N4O3. The summed E-state index contributed by atoms with van der Waals surface area (Å²) in [5, 5.41) is 22.2. The molecule has 0 saturated heterocycles. The molecule has 7 heteroatoms. The molecule has 24 heavy (non-hydrogen) atoms. The van der Waals surface area contributed by atoms with Gasteiger partial charge in [0, 0.05) is 36.9 Å². The Morgan fingerprint density at radius 3 is 2.88 bits per heavy atom. The zero-order valence-electron chi connectivity index (χ0n) is 14.0. The van der Waals surface area contributed by atoms with Crippen LogP contribution in [0.3, 0.4) is 0 Å². The monoisotopic (exact) mass is 328 g/mol. The van der Waals surface area contributed by atoms with Gasteiger partial charge in [-0.25, -0.2) is 0 Å². The van der Waals surface area contributed by atoms with Crippen LogP contribution in [0, 0.1) is 12.8 Å². The number of aryl methyl sites for hydroxylation is 2. The number of hydrogen-bond acceptors (Lipinski definition) is 6. The number of carbonyl (C=O) groups is 1. The Morgan fingerprint density at radius 2 is 2.21 bits per heavy atom. The van der Waals surface area contributed by atoms with E-state index in [-0.39, 0.29) is 17.1 Å². The second-order valence-corrected chi connectivity index (χ2v) is 7.04. The van der Waals surface area contributed by atoms with Crippen molar-refractivity contribution in [3.8, 4) is 11.6 Å². The molecule has 2 atom stereocenters. The highest BCUT2D eigenvalue weighted by Crippen LogP contribution is 2.51. The summed E-state index contributed by atoms with van der Waals surface area (Å²) in [6.45, 7) is 3.91. The first-order valence-corrected chi connectivity index (χ1v) is 8.17. The van der Waals surface area contributed by atoms with Crippen LogP contribution in [0.5, 0.6) is 0 Å². The molecule has 0 bridgehead atoms. The summed E-state index contributed by atoms with van der Waals surface area (Å²) >= 11 is 0. The average Bonchev–Trinajstić information content (AvgIpc) is 3.10. The van der Waals surface area contributed by atoms with Crippen LogP contribution in [-0.4, -0.2) is 30.9 Å². The summed E-state index contributed by atoms with van der Waals surface area (Å²) in [7, 11) is 1.88. The number of aliphatic hydroxyl groups is 1. The number of carbonyl (C=O) groups excluding carboxylic acids is 1. The molecule has 1 N–H and O–H groups in total. The largest absolute Gasteiger partial charge is 0.515 e. The maximum Gasteiger partial charge on any atom is 0.266 e. The SMILES string of the molecule is Cc1nnc(-c2c3c(nn2C)[C@@]2(C)C/C(=C/O)C(=O)CC2CC3)o1. The van der Waals surface area contributed by atoms with E-state index in [1.165, 1.54) is 0 Å². The van der Waals surface area contributed by atoms with Gasteiger partial charge in [0.05, 0.1) is 12.0 Å². The topological polar surface area (TPSA) is 94.0 Å². The van der Waals surface area contributed by atoms with Crippen LogP contribution in [-0.2, 0) is 23.7 Å². The van der Waals surface area contributed by atoms with Gasteiger partial charge >= 0.3 is 0 Å². The molecule has 2 aliphatic rings. The maximum absolute atomic E-state index is 12.1. The third-order valence-corrected chi connectivity index (χ3v) is 5.56. The van der Waals surface area contributed by atoms with Gasteiger partial charge in [-0.3, -0.25) is 9.48 Å². The molecule has 2 aromatic rings. The molecule has 2 aromatic heterocycles. The molecule has 7 nitrogen and oxygen atoms in total. The van der Waals surface area contributed by atoms with Crippen molar-refractivity contribution in [2.75, 3.05) is 0 Å². The molecule has 126 valence electrons. The van der Waals surface area contributed by atoms with Crippen LogP contribution in [0.4, 0.5) is 0 Å². The molecule has 2 aliphatic carbocycles. The van der Waals surface area contributed by atoms with E-state index in [0.29, 0.717) is 30.2 Å². The first-order valence-electron chi connectivity index (χ1n) is 8.17. The molecule has 4 rings (SSSR count).